The molecule has 1 aliphatic carbocycles. The summed E-state index contributed by atoms with van der Waals surface area (Å²) in [5.74, 6) is 0. The van der Waals surface area contributed by atoms with Crippen LogP contribution >= 0.6 is 31.9 Å². The molecule has 0 saturated carbocycles. The minimum atomic E-state index is -0.920. The van der Waals surface area contributed by atoms with Crippen LogP contribution in [-0.2, 0) is 12.8 Å². The third-order valence-corrected chi connectivity index (χ3v) is 7.36. The minimum absolute atomic E-state index is 0.0715. The van der Waals surface area contributed by atoms with Gasteiger partial charge in [-0.25, -0.2) is 4.79 Å². The summed E-state index contributed by atoms with van der Waals surface area (Å²) in [5, 5.41) is 21.0. The summed E-state index contributed by atoms with van der Waals surface area (Å²) in [6.45, 7) is 2.57. The standard InChI is InChI=1S/C21H19Br2N3O4/c1-11-17(26(29)30)9-16-15(19(11)23)3-2-13-8-14(22)10-24-20(13)18(16)12-4-6-25(7-5-12)21(27)28/h8-10H,2-7H2,1H3,(H,27,28). The number of fused-ring (bicyclic) bond motifs is 2. The summed E-state index contributed by atoms with van der Waals surface area (Å²) >= 11 is 7.12. The zero-order valence-electron chi connectivity index (χ0n) is 16.2. The van der Waals surface area contributed by atoms with E-state index in [1.165, 1.54) is 4.90 Å². The first-order valence-electron chi connectivity index (χ1n) is 9.59. The zero-order valence-corrected chi connectivity index (χ0v) is 19.4. The Bertz CT molecular complexity index is 1100. The molecular formula is C21H19Br2N3O4. The SMILES string of the molecule is Cc1c([N+](=O)[O-])cc2c(c1Br)CCc1cc(Br)cnc1C2=C1CCN(C(=O)O)CC1. The maximum atomic E-state index is 11.7. The Morgan fingerprint density at radius 1 is 1.20 bits per heavy atom. The van der Waals surface area contributed by atoms with E-state index < -0.39 is 6.09 Å². The third-order valence-electron chi connectivity index (χ3n) is 5.86. The average molecular weight is 537 g/mol. The second-order valence-corrected chi connectivity index (χ2v) is 9.24. The monoisotopic (exact) mass is 535 g/mol. The smallest absolute Gasteiger partial charge is 0.407 e. The van der Waals surface area contributed by atoms with E-state index in [4.69, 9.17) is 4.98 Å². The molecule has 1 saturated heterocycles. The van der Waals surface area contributed by atoms with Crippen LogP contribution in [0.15, 0.2) is 32.8 Å². The lowest BCUT2D eigenvalue weighted by atomic mass is 9.87. The summed E-state index contributed by atoms with van der Waals surface area (Å²) < 4.78 is 1.65. The molecule has 1 aromatic heterocycles. The molecule has 0 radical (unpaired) electrons. The van der Waals surface area contributed by atoms with Crippen LogP contribution in [0.1, 0.15) is 40.8 Å². The molecule has 1 N–H and O–H groups in total. The van der Waals surface area contributed by atoms with Crippen molar-refractivity contribution in [2.45, 2.75) is 32.6 Å². The molecule has 9 heteroatoms. The number of amides is 1. The average Bonchev–Trinajstić information content (AvgIpc) is 2.87. The summed E-state index contributed by atoms with van der Waals surface area (Å²) in [5.41, 5.74) is 6.47. The lowest BCUT2D eigenvalue weighted by Gasteiger charge is -2.28. The summed E-state index contributed by atoms with van der Waals surface area (Å²) in [7, 11) is 0. The van der Waals surface area contributed by atoms with Gasteiger partial charge in [-0.2, -0.15) is 0 Å². The quantitative estimate of drug-likeness (QED) is 0.383. The van der Waals surface area contributed by atoms with Crippen molar-refractivity contribution in [2.75, 3.05) is 13.1 Å². The molecule has 2 heterocycles. The van der Waals surface area contributed by atoms with Gasteiger partial charge < -0.3 is 10.0 Å². The molecule has 30 heavy (non-hydrogen) atoms. The number of carbonyl (C=O) groups is 1. The Labute approximate surface area is 190 Å². The van der Waals surface area contributed by atoms with E-state index >= 15 is 0 Å². The minimum Gasteiger partial charge on any atom is -0.465 e. The van der Waals surface area contributed by atoms with Crippen LogP contribution in [0.5, 0.6) is 0 Å². The molecule has 1 aliphatic heterocycles. The number of hydrogen-bond acceptors (Lipinski definition) is 4. The molecule has 1 amide bonds. The first-order chi connectivity index (χ1) is 14.3. The summed E-state index contributed by atoms with van der Waals surface area (Å²) in [6, 6.07) is 3.72. The number of benzene rings is 1. The largest absolute Gasteiger partial charge is 0.465 e. The van der Waals surface area contributed by atoms with Crippen molar-refractivity contribution in [1.29, 1.82) is 0 Å². The highest BCUT2D eigenvalue weighted by molar-refractivity contribution is 9.10. The number of piperidine rings is 1. The van der Waals surface area contributed by atoms with Crippen LogP contribution in [0.4, 0.5) is 10.5 Å². The van der Waals surface area contributed by atoms with E-state index in [0.29, 0.717) is 31.5 Å². The van der Waals surface area contributed by atoms with Crippen molar-refractivity contribution < 1.29 is 14.8 Å². The van der Waals surface area contributed by atoms with Gasteiger partial charge >= 0.3 is 6.09 Å². The predicted octanol–water partition coefficient (Wildman–Crippen LogP) is 5.50. The van der Waals surface area contributed by atoms with E-state index in [-0.39, 0.29) is 10.6 Å². The molecule has 156 valence electrons. The zero-order chi connectivity index (χ0) is 21.6. The Kier molecular flexibility index (Phi) is 5.67. The van der Waals surface area contributed by atoms with E-state index in [9.17, 15) is 20.0 Å². The number of rotatable bonds is 1. The number of aryl methyl sites for hydroxylation is 1. The van der Waals surface area contributed by atoms with Crippen molar-refractivity contribution in [3.05, 3.63) is 70.9 Å². The van der Waals surface area contributed by atoms with Crippen LogP contribution in [0.2, 0.25) is 0 Å². The first-order valence-corrected chi connectivity index (χ1v) is 11.2. The number of aromatic nitrogens is 1. The highest BCUT2D eigenvalue weighted by Crippen LogP contribution is 2.43. The third kappa shape index (κ3) is 3.65. The van der Waals surface area contributed by atoms with Crippen molar-refractivity contribution in [2.24, 2.45) is 0 Å². The van der Waals surface area contributed by atoms with Gasteiger partial charge in [-0.05, 0) is 87.2 Å². The Morgan fingerprint density at radius 2 is 1.90 bits per heavy atom. The number of likely N-dealkylation sites (tertiary alicyclic amines) is 1. The number of nitrogens with zero attached hydrogens (tertiary/aromatic N) is 3. The lowest BCUT2D eigenvalue weighted by molar-refractivity contribution is -0.385. The Balaban J connectivity index is 1.97. The predicted molar refractivity (Wildman–Crippen MR) is 120 cm³/mol. The van der Waals surface area contributed by atoms with Gasteiger partial charge in [0.1, 0.15) is 0 Å². The Morgan fingerprint density at radius 3 is 2.53 bits per heavy atom. The van der Waals surface area contributed by atoms with Crippen LogP contribution in [-0.4, -0.2) is 39.1 Å². The van der Waals surface area contributed by atoms with E-state index in [1.54, 1.807) is 19.2 Å². The van der Waals surface area contributed by atoms with Crippen molar-refractivity contribution in [3.63, 3.8) is 0 Å². The van der Waals surface area contributed by atoms with Gasteiger partial charge in [0.15, 0.2) is 0 Å². The van der Waals surface area contributed by atoms with Gasteiger partial charge in [0.05, 0.1) is 10.6 Å². The molecule has 7 nitrogen and oxygen atoms in total. The first kappa shape index (κ1) is 21.0. The number of nitro benzene ring substituents is 1. The van der Waals surface area contributed by atoms with E-state index in [2.05, 4.69) is 37.9 Å². The maximum absolute atomic E-state index is 11.7. The van der Waals surface area contributed by atoms with Crippen LogP contribution in [0.3, 0.4) is 0 Å². The molecule has 2 aliphatic rings. The van der Waals surface area contributed by atoms with Crippen LogP contribution < -0.4 is 0 Å². The van der Waals surface area contributed by atoms with Crippen molar-refractivity contribution in [3.8, 4) is 0 Å². The molecule has 2 aromatic rings. The second-order valence-electron chi connectivity index (χ2n) is 7.53. The number of nitro groups is 1. The molecular weight excluding hydrogens is 518 g/mol. The van der Waals surface area contributed by atoms with Crippen molar-refractivity contribution >= 4 is 49.2 Å². The lowest BCUT2D eigenvalue weighted by Crippen LogP contribution is -2.35. The number of carboxylic acid groups (broad SMARTS) is 1. The van der Waals surface area contributed by atoms with Gasteiger partial charge in [-0.1, -0.05) is 5.57 Å². The maximum Gasteiger partial charge on any atom is 0.407 e. The number of hydrogen-bond donors (Lipinski definition) is 1. The molecule has 4 rings (SSSR count). The number of pyridine rings is 1. The van der Waals surface area contributed by atoms with E-state index in [1.807, 2.05) is 0 Å². The molecule has 0 unspecified atom stereocenters. The fourth-order valence-electron chi connectivity index (χ4n) is 4.31. The molecule has 0 atom stereocenters. The second kappa shape index (κ2) is 8.11. The normalized spacial score (nSPS) is 16.0. The highest BCUT2D eigenvalue weighted by atomic mass is 79.9. The topological polar surface area (TPSA) is 96.6 Å². The van der Waals surface area contributed by atoms with Gasteiger partial charge in [-0.3, -0.25) is 15.1 Å². The van der Waals surface area contributed by atoms with Crippen molar-refractivity contribution in [1.82, 2.24) is 9.88 Å². The van der Waals surface area contributed by atoms with Crippen LogP contribution in [0.25, 0.3) is 5.57 Å². The molecule has 1 fully saturated rings. The molecule has 0 bridgehead atoms. The van der Waals surface area contributed by atoms with E-state index in [0.717, 1.165) is 55.3 Å². The Hall–Kier alpha value is -2.26. The summed E-state index contributed by atoms with van der Waals surface area (Å²) in [6.07, 6.45) is 3.49. The van der Waals surface area contributed by atoms with Gasteiger partial charge in [0, 0.05) is 45.4 Å². The fourth-order valence-corrected chi connectivity index (χ4v) is 5.30. The van der Waals surface area contributed by atoms with Gasteiger partial charge in [0.2, 0.25) is 0 Å². The van der Waals surface area contributed by atoms with Crippen LogP contribution in [0, 0.1) is 17.0 Å². The molecule has 1 aromatic carbocycles. The molecule has 0 spiro atoms. The van der Waals surface area contributed by atoms with Gasteiger partial charge in [-0.15, -0.1) is 0 Å². The summed E-state index contributed by atoms with van der Waals surface area (Å²) in [4.78, 5) is 28.8. The highest BCUT2D eigenvalue weighted by Gasteiger charge is 2.30. The number of halogens is 2. The fraction of sp³-hybridized carbons (Fsp3) is 0.333. The van der Waals surface area contributed by atoms with Gasteiger partial charge in [0.25, 0.3) is 5.69 Å².